The second-order valence-corrected chi connectivity index (χ2v) is 6.32. The molecule has 1 fully saturated rings. The number of nitrogens with one attached hydrogen (secondary N) is 1. The molecular formula is C16H25N3. The summed E-state index contributed by atoms with van der Waals surface area (Å²) < 4.78 is 0. The summed E-state index contributed by atoms with van der Waals surface area (Å²) in [5, 5.41) is 3.13. The van der Waals surface area contributed by atoms with Crippen molar-refractivity contribution in [1.29, 1.82) is 0 Å². The van der Waals surface area contributed by atoms with Crippen LogP contribution in [0.25, 0.3) is 0 Å². The van der Waals surface area contributed by atoms with Crippen LogP contribution in [-0.2, 0) is 0 Å². The number of hydrogen-bond donors (Lipinski definition) is 2. The van der Waals surface area contributed by atoms with E-state index in [2.05, 4.69) is 24.2 Å². The highest BCUT2D eigenvalue weighted by Crippen LogP contribution is 2.37. The maximum absolute atomic E-state index is 5.92. The minimum absolute atomic E-state index is 0.522. The highest BCUT2D eigenvalue weighted by molar-refractivity contribution is 5.92. The lowest BCUT2D eigenvalue weighted by Gasteiger charge is -2.33. The van der Waals surface area contributed by atoms with E-state index in [1.807, 2.05) is 30.3 Å². The van der Waals surface area contributed by atoms with E-state index >= 15 is 0 Å². The first-order chi connectivity index (χ1) is 9.05. The van der Waals surface area contributed by atoms with Crippen molar-refractivity contribution in [1.82, 2.24) is 0 Å². The van der Waals surface area contributed by atoms with Crippen LogP contribution >= 0.6 is 0 Å². The SMILES string of the molecule is CC1(C)CCC(CN=C(N)Nc2ccccc2)CC1. The molecule has 0 atom stereocenters. The van der Waals surface area contributed by atoms with Crippen molar-refractivity contribution in [2.45, 2.75) is 39.5 Å². The molecule has 3 N–H and O–H groups in total. The van der Waals surface area contributed by atoms with Crippen molar-refractivity contribution >= 4 is 11.6 Å². The number of nitrogens with two attached hydrogens (primary N) is 1. The van der Waals surface area contributed by atoms with Gasteiger partial charge in [0, 0.05) is 12.2 Å². The second-order valence-electron chi connectivity index (χ2n) is 6.32. The third kappa shape index (κ3) is 4.58. The molecule has 0 spiro atoms. The van der Waals surface area contributed by atoms with Crippen molar-refractivity contribution in [3.05, 3.63) is 30.3 Å². The molecule has 2 rings (SSSR count). The predicted molar refractivity (Wildman–Crippen MR) is 82.3 cm³/mol. The van der Waals surface area contributed by atoms with Gasteiger partial charge < -0.3 is 11.1 Å². The van der Waals surface area contributed by atoms with Crippen LogP contribution in [0.3, 0.4) is 0 Å². The van der Waals surface area contributed by atoms with Gasteiger partial charge in [0.1, 0.15) is 0 Å². The minimum Gasteiger partial charge on any atom is -0.370 e. The first kappa shape index (κ1) is 13.9. The Morgan fingerprint density at radius 2 is 1.89 bits per heavy atom. The number of para-hydroxylation sites is 1. The number of hydrogen-bond acceptors (Lipinski definition) is 1. The summed E-state index contributed by atoms with van der Waals surface area (Å²) in [4.78, 5) is 4.47. The maximum Gasteiger partial charge on any atom is 0.193 e. The van der Waals surface area contributed by atoms with Gasteiger partial charge in [-0.05, 0) is 49.1 Å². The van der Waals surface area contributed by atoms with Gasteiger partial charge in [-0.15, -0.1) is 0 Å². The van der Waals surface area contributed by atoms with Crippen molar-refractivity contribution < 1.29 is 0 Å². The van der Waals surface area contributed by atoms with Crippen molar-refractivity contribution in [2.24, 2.45) is 22.1 Å². The molecule has 1 aromatic rings. The van der Waals surface area contributed by atoms with E-state index in [1.54, 1.807) is 0 Å². The van der Waals surface area contributed by atoms with Gasteiger partial charge in [0.25, 0.3) is 0 Å². The lowest BCUT2D eigenvalue weighted by Crippen LogP contribution is -2.26. The highest BCUT2D eigenvalue weighted by Gasteiger charge is 2.26. The van der Waals surface area contributed by atoms with Gasteiger partial charge >= 0.3 is 0 Å². The van der Waals surface area contributed by atoms with Crippen molar-refractivity contribution in [2.75, 3.05) is 11.9 Å². The largest absolute Gasteiger partial charge is 0.370 e. The highest BCUT2D eigenvalue weighted by atomic mass is 15.1. The Morgan fingerprint density at radius 1 is 1.26 bits per heavy atom. The van der Waals surface area contributed by atoms with Crippen molar-refractivity contribution in [3.63, 3.8) is 0 Å². The van der Waals surface area contributed by atoms with Gasteiger partial charge in [-0.1, -0.05) is 32.0 Å². The van der Waals surface area contributed by atoms with E-state index in [1.165, 1.54) is 25.7 Å². The van der Waals surface area contributed by atoms with E-state index < -0.39 is 0 Å². The van der Waals surface area contributed by atoms with Crippen LogP contribution in [0.1, 0.15) is 39.5 Å². The Balaban J connectivity index is 1.79. The second kappa shape index (κ2) is 6.09. The van der Waals surface area contributed by atoms with Gasteiger partial charge in [0.15, 0.2) is 5.96 Å². The lowest BCUT2D eigenvalue weighted by molar-refractivity contribution is 0.195. The summed E-state index contributed by atoms with van der Waals surface area (Å²) in [7, 11) is 0. The zero-order chi connectivity index (χ0) is 13.7. The summed E-state index contributed by atoms with van der Waals surface area (Å²) in [6.07, 6.45) is 5.16. The van der Waals surface area contributed by atoms with Crippen LogP contribution in [0.5, 0.6) is 0 Å². The molecule has 0 saturated heterocycles. The van der Waals surface area contributed by atoms with Gasteiger partial charge in [-0.25, -0.2) is 0 Å². The zero-order valence-corrected chi connectivity index (χ0v) is 12.0. The predicted octanol–water partition coefficient (Wildman–Crippen LogP) is 3.63. The number of aliphatic imine (C=N–C) groups is 1. The van der Waals surface area contributed by atoms with Gasteiger partial charge in [0.2, 0.25) is 0 Å². The first-order valence-electron chi connectivity index (χ1n) is 7.17. The van der Waals surface area contributed by atoms with Crippen LogP contribution in [0, 0.1) is 11.3 Å². The molecule has 1 aromatic carbocycles. The van der Waals surface area contributed by atoms with Crippen LogP contribution in [0.2, 0.25) is 0 Å². The molecule has 0 aromatic heterocycles. The average Bonchev–Trinajstić information content (AvgIpc) is 2.39. The molecule has 0 heterocycles. The minimum atomic E-state index is 0.522. The van der Waals surface area contributed by atoms with Crippen LogP contribution < -0.4 is 11.1 Å². The number of benzene rings is 1. The summed E-state index contributed by atoms with van der Waals surface area (Å²) in [6.45, 7) is 5.57. The fraction of sp³-hybridized carbons (Fsp3) is 0.562. The Hall–Kier alpha value is -1.51. The molecule has 0 aliphatic heterocycles. The van der Waals surface area contributed by atoms with Crippen molar-refractivity contribution in [3.8, 4) is 0 Å². The standard InChI is InChI=1S/C16H25N3/c1-16(2)10-8-13(9-11-16)12-18-15(17)19-14-6-4-3-5-7-14/h3-7,13H,8-12H2,1-2H3,(H3,17,18,19). The normalized spacial score (nSPS) is 20.2. The first-order valence-corrected chi connectivity index (χ1v) is 7.17. The van der Waals surface area contributed by atoms with Gasteiger partial charge in [-0.2, -0.15) is 0 Å². The summed E-state index contributed by atoms with van der Waals surface area (Å²) in [5.74, 6) is 1.22. The molecule has 0 amide bonds. The van der Waals surface area contributed by atoms with Crippen LogP contribution in [0.4, 0.5) is 5.69 Å². The number of rotatable bonds is 3. The fourth-order valence-electron chi connectivity index (χ4n) is 2.58. The Morgan fingerprint density at radius 3 is 2.53 bits per heavy atom. The Kier molecular flexibility index (Phi) is 4.46. The average molecular weight is 259 g/mol. The summed E-state index contributed by atoms with van der Waals surface area (Å²) in [6, 6.07) is 9.94. The third-order valence-electron chi connectivity index (χ3n) is 4.02. The van der Waals surface area contributed by atoms with Crippen LogP contribution in [0.15, 0.2) is 35.3 Å². The Labute approximate surface area is 116 Å². The molecule has 104 valence electrons. The molecule has 0 unspecified atom stereocenters. The van der Waals surface area contributed by atoms with E-state index in [4.69, 9.17) is 5.73 Å². The molecule has 1 saturated carbocycles. The summed E-state index contributed by atoms with van der Waals surface area (Å²) >= 11 is 0. The topological polar surface area (TPSA) is 50.4 Å². The molecule has 1 aliphatic rings. The van der Waals surface area contributed by atoms with Gasteiger partial charge in [0.05, 0.1) is 0 Å². The van der Waals surface area contributed by atoms with E-state index in [0.29, 0.717) is 17.3 Å². The zero-order valence-electron chi connectivity index (χ0n) is 12.0. The number of nitrogens with zero attached hydrogens (tertiary/aromatic N) is 1. The van der Waals surface area contributed by atoms with Crippen LogP contribution in [-0.4, -0.2) is 12.5 Å². The molecule has 19 heavy (non-hydrogen) atoms. The number of anilines is 1. The lowest BCUT2D eigenvalue weighted by atomic mass is 9.73. The summed E-state index contributed by atoms with van der Waals surface area (Å²) in [5.41, 5.74) is 7.43. The van der Waals surface area contributed by atoms with Gasteiger partial charge in [-0.3, -0.25) is 4.99 Å². The monoisotopic (exact) mass is 259 g/mol. The maximum atomic E-state index is 5.92. The smallest absolute Gasteiger partial charge is 0.193 e. The van der Waals surface area contributed by atoms with E-state index in [-0.39, 0.29) is 0 Å². The van der Waals surface area contributed by atoms with E-state index in [9.17, 15) is 0 Å². The molecular weight excluding hydrogens is 234 g/mol. The Bertz CT molecular complexity index is 413. The molecule has 3 heteroatoms. The van der Waals surface area contributed by atoms with E-state index in [0.717, 1.165) is 12.2 Å². The molecule has 0 bridgehead atoms. The quantitative estimate of drug-likeness (QED) is 0.643. The fourth-order valence-corrected chi connectivity index (χ4v) is 2.58. The molecule has 1 aliphatic carbocycles. The number of guanidine groups is 1. The molecule has 3 nitrogen and oxygen atoms in total. The third-order valence-corrected chi connectivity index (χ3v) is 4.02. The molecule has 0 radical (unpaired) electrons.